The third-order valence-corrected chi connectivity index (χ3v) is 3.80. The molecule has 3 aromatic heterocycles. The van der Waals surface area contributed by atoms with Crippen LogP contribution in [0.4, 0.5) is 0 Å². The van der Waals surface area contributed by atoms with Gasteiger partial charge in [0.15, 0.2) is 5.65 Å². The lowest BCUT2D eigenvalue weighted by Gasteiger charge is -2.14. The molecule has 3 heterocycles. The topological polar surface area (TPSA) is 59.8 Å². The molecule has 0 aliphatic carbocycles. The number of hydrogen-bond acceptors (Lipinski definition) is 4. The lowest BCUT2D eigenvalue weighted by atomic mass is 10.2. The van der Waals surface area contributed by atoms with E-state index in [0.717, 1.165) is 17.4 Å². The summed E-state index contributed by atoms with van der Waals surface area (Å²) in [5, 5.41) is 0.930. The molecule has 0 aliphatic rings. The molecule has 110 valence electrons. The van der Waals surface area contributed by atoms with Crippen molar-refractivity contribution in [1.29, 1.82) is 0 Å². The molecule has 0 aliphatic heterocycles. The molecule has 22 heavy (non-hydrogen) atoms. The van der Waals surface area contributed by atoms with Crippen molar-refractivity contribution < 1.29 is 4.79 Å². The summed E-state index contributed by atoms with van der Waals surface area (Å²) in [6.07, 6.45) is 5.59. The molecule has 0 spiro atoms. The predicted molar refractivity (Wildman–Crippen MR) is 87.9 cm³/mol. The summed E-state index contributed by atoms with van der Waals surface area (Å²) < 4.78 is 2.13. The average Bonchev–Trinajstić information content (AvgIpc) is 2.57. The summed E-state index contributed by atoms with van der Waals surface area (Å²) in [6, 6.07) is 9.23. The second-order valence-corrected chi connectivity index (χ2v) is 5.15. The van der Waals surface area contributed by atoms with E-state index >= 15 is 0 Å². The molecular weight excluding hydrogens is 296 g/mol. The van der Waals surface area contributed by atoms with E-state index in [0.29, 0.717) is 15.9 Å². The first-order valence-electron chi connectivity index (χ1n) is 6.91. The molecule has 6 heteroatoms. The predicted octanol–water partition coefficient (Wildman–Crippen LogP) is 3.11. The van der Waals surface area contributed by atoms with Gasteiger partial charge in [0.1, 0.15) is 4.64 Å². The lowest BCUT2D eigenvalue weighted by molar-refractivity contribution is 0.101. The molecule has 0 radical (unpaired) electrons. The highest BCUT2D eigenvalue weighted by atomic mass is 32.1. The highest BCUT2D eigenvalue weighted by molar-refractivity contribution is 7.71. The molecule has 0 aromatic carbocycles. The molecule has 0 saturated heterocycles. The molecule has 0 bridgehead atoms. The summed E-state index contributed by atoms with van der Waals surface area (Å²) in [5.74, 6) is -0.274. The summed E-state index contributed by atoms with van der Waals surface area (Å²) in [5.41, 5.74) is 4.90. The van der Waals surface area contributed by atoms with E-state index in [2.05, 4.69) is 15.4 Å². The number of aromatic nitrogens is 3. The van der Waals surface area contributed by atoms with Crippen molar-refractivity contribution in [2.24, 2.45) is 0 Å². The Bertz CT molecular complexity index is 890. The van der Waals surface area contributed by atoms with Gasteiger partial charge in [0.25, 0.3) is 5.91 Å². The Morgan fingerprint density at radius 1 is 1.32 bits per heavy atom. The van der Waals surface area contributed by atoms with Gasteiger partial charge in [-0.1, -0.05) is 19.1 Å². The lowest BCUT2D eigenvalue weighted by Crippen LogP contribution is -2.25. The summed E-state index contributed by atoms with van der Waals surface area (Å²) >= 11 is 5.48. The maximum Gasteiger partial charge on any atom is 0.271 e. The number of aryl methyl sites for hydroxylation is 1. The van der Waals surface area contributed by atoms with Gasteiger partial charge in [-0.2, -0.15) is 0 Å². The van der Waals surface area contributed by atoms with Crippen LogP contribution in [-0.2, 0) is 6.42 Å². The second-order valence-electron chi connectivity index (χ2n) is 4.76. The smallest absolute Gasteiger partial charge is 0.267 e. The maximum absolute atomic E-state index is 12.4. The van der Waals surface area contributed by atoms with Crippen LogP contribution in [0.2, 0.25) is 0 Å². The molecule has 0 fully saturated rings. The third kappa shape index (κ3) is 2.60. The second kappa shape index (κ2) is 6.03. The number of pyridine rings is 3. The van der Waals surface area contributed by atoms with E-state index in [4.69, 9.17) is 12.2 Å². The van der Waals surface area contributed by atoms with Crippen LogP contribution in [0, 0.1) is 4.64 Å². The zero-order valence-corrected chi connectivity index (χ0v) is 12.8. The Hall–Kier alpha value is -2.60. The molecule has 0 atom stereocenters. The molecule has 5 nitrogen and oxygen atoms in total. The van der Waals surface area contributed by atoms with E-state index in [1.165, 1.54) is 6.20 Å². The molecule has 3 aromatic rings. The van der Waals surface area contributed by atoms with Gasteiger partial charge in [0.2, 0.25) is 0 Å². The van der Waals surface area contributed by atoms with Crippen molar-refractivity contribution in [3.05, 3.63) is 64.7 Å². The Morgan fingerprint density at radius 3 is 2.86 bits per heavy atom. The van der Waals surface area contributed by atoms with Gasteiger partial charge in [-0.25, -0.2) is 9.66 Å². The Kier molecular flexibility index (Phi) is 3.93. The number of fused-ring (bicyclic) bond motifs is 1. The minimum Gasteiger partial charge on any atom is -0.267 e. The molecule has 1 amide bonds. The molecule has 0 saturated carbocycles. The van der Waals surface area contributed by atoms with Gasteiger partial charge in [-0.05, 0) is 42.3 Å². The normalized spacial score (nSPS) is 10.6. The van der Waals surface area contributed by atoms with Crippen LogP contribution >= 0.6 is 12.2 Å². The standard InChI is InChI=1S/C16H14N4OS/c1-2-11-9-12-5-4-8-18-14(12)20(16(11)22)19-15(21)13-6-3-7-17-10-13/h3-10H,2H2,1H3,(H,19,21). The fourth-order valence-corrected chi connectivity index (χ4v) is 2.55. The maximum atomic E-state index is 12.4. The van der Waals surface area contributed by atoms with E-state index in [9.17, 15) is 4.79 Å². The van der Waals surface area contributed by atoms with Gasteiger partial charge in [0.05, 0.1) is 5.56 Å². The van der Waals surface area contributed by atoms with E-state index in [1.54, 1.807) is 29.2 Å². The number of nitrogens with zero attached hydrogens (tertiary/aromatic N) is 3. The highest BCUT2D eigenvalue weighted by Gasteiger charge is 2.11. The van der Waals surface area contributed by atoms with Crippen LogP contribution in [0.25, 0.3) is 11.0 Å². The van der Waals surface area contributed by atoms with Crippen LogP contribution in [0.1, 0.15) is 22.8 Å². The SMILES string of the molecule is CCc1cc2cccnc2n(NC(=O)c2cccnc2)c1=S. The van der Waals surface area contributed by atoms with Crippen LogP contribution in [0.5, 0.6) is 0 Å². The Balaban J connectivity index is 2.12. The fraction of sp³-hybridized carbons (Fsp3) is 0.125. The Labute approximate surface area is 132 Å². The van der Waals surface area contributed by atoms with E-state index in [-0.39, 0.29) is 5.91 Å². The van der Waals surface area contributed by atoms with Crippen LogP contribution in [-0.4, -0.2) is 20.6 Å². The largest absolute Gasteiger partial charge is 0.271 e. The van der Waals surface area contributed by atoms with Crippen molar-refractivity contribution in [3.63, 3.8) is 0 Å². The summed E-state index contributed by atoms with van der Waals surface area (Å²) in [4.78, 5) is 20.6. The van der Waals surface area contributed by atoms with Crippen molar-refractivity contribution in [3.8, 4) is 0 Å². The van der Waals surface area contributed by atoms with Crippen molar-refractivity contribution >= 4 is 29.2 Å². The van der Waals surface area contributed by atoms with Crippen LogP contribution in [0.15, 0.2) is 48.9 Å². The Morgan fingerprint density at radius 2 is 2.14 bits per heavy atom. The molecular formula is C16H14N4OS. The summed E-state index contributed by atoms with van der Waals surface area (Å²) in [7, 11) is 0. The first-order valence-corrected chi connectivity index (χ1v) is 7.32. The first kappa shape index (κ1) is 14.3. The van der Waals surface area contributed by atoms with Gasteiger partial charge in [0, 0.05) is 24.0 Å². The van der Waals surface area contributed by atoms with Crippen molar-refractivity contribution in [1.82, 2.24) is 14.6 Å². The third-order valence-electron chi connectivity index (χ3n) is 3.35. The van der Waals surface area contributed by atoms with Crippen molar-refractivity contribution in [2.45, 2.75) is 13.3 Å². The number of hydrogen-bond donors (Lipinski definition) is 1. The van der Waals surface area contributed by atoms with E-state index < -0.39 is 0 Å². The first-order chi connectivity index (χ1) is 10.7. The number of nitrogens with one attached hydrogen (secondary N) is 1. The monoisotopic (exact) mass is 310 g/mol. The van der Waals surface area contributed by atoms with Gasteiger partial charge in [-0.3, -0.25) is 15.2 Å². The molecule has 1 N–H and O–H groups in total. The van der Waals surface area contributed by atoms with Gasteiger partial charge < -0.3 is 0 Å². The molecule has 3 rings (SSSR count). The van der Waals surface area contributed by atoms with E-state index in [1.807, 2.05) is 25.1 Å². The molecule has 0 unspecified atom stereocenters. The fourth-order valence-electron chi connectivity index (χ4n) is 2.22. The van der Waals surface area contributed by atoms with Crippen molar-refractivity contribution in [2.75, 3.05) is 5.43 Å². The number of carbonyl (C=O) groups excluding carboxylic acids is 1. The zero-order valence-electron chi connectivity index (χ0n) is 12.0. The minimum atomic E-state index is -0.274. The van der Waals surface area contributed by atoms with Crippen LogP contribution < -0.4 is 5.43 Å². The average molecular weight is 310 g/mol. The van der Waals surface area contributed by atoms with Gasteiger partial charge >= 0.3 is 0 Å². The number of amides is 1. The summed E-state index contributed by atoms with van der Waals surface area (Å²) in [6.45, 7) is 2.03. The van der Waals surface area contributed by atoms with Gasteiger partial charge in [-0.15, -0.1) is 0 Å². The highest BCUT2D eigenvalue weighted by Crippen LogP contribution is 2.16. The number of rotatable bonds is 3. The number of carbonyl (C=O) groups is 1. The minimum absolute atomic E-state index is 0.274. The zero-order chi connectivity index (χ0) is 15.5. The van der Waals surface area contributed by atoms with Crippen LogP contribution in [0.3, 0.4) is 0 Å². The quantitative estimate of drug-likeness (QED) is 0.755.